The molecule has 7 heteroatoms. The van der Waals surface area contributed by atoms with Crippen molar-refractivity contribution < 1.29 is 14.4 Å². The van der Waals surface area contributed by atoms with E-state index in [0.717, 1.165) is 17.9 Å². The van der Waals surface area contributed by atoms with Crippen LogP contribution in [0.4, 0.5) is 0 Å². The Morgan fingerprint density at radius 2 is 1.43 bits per heavy atom. The maximum absolute atomic E-state index is 12.6. The molecule has 0 spiro atoms. The molecule has 0 fully saturated rings. The van der Waals surface area contributed by atoms with E-state index in [0.29, 0.717) is 54.0 Å². The Bertz CT molecular complexity index is 612. The van der Waals surface area contributed by atoms with Crippen LogP contribution in [0.5, 0.6) is 0 Å². The van der Waals surface area contributed by atoms with Crippen LogP contribution in [0.2, 0.25) is 0 Å². The molecule has 1 N–H and O–H groups in total. The lowest BCUT2D eigenvalue weighted by Crippen LogP contribution is -2.26. The fraction of sp³-hybridized carbons (Fsp3) is 0.571. The number of rotatable bonds is 15. The molecule has 28 heavy (non-hydrogen) atoms. The summed E-state index contributed by atoms with van der Waals surface area (Å²) in [6.07, 6.45) is 4.61. The highest BCUT2D eigenvalue weighted by molar-refractivity contribution is 7.99. The first-order valence-corrected chi connectivity index (χ1v) is 12.2. The normalized spacial score (nSPS) is 10.7. The number of hydrogen-bond donors (Lipinski definition) is 3. The number of carbonyl (C=O) groups is 3. The van der Waals surface area contributed by atoms with Gasteiger partial charge in [0.15, 0.2) is 11.6 Å². The lowest BCUT2D eigenvalue weighted by Gasteiger charge is -2.10. The van der Waals surface area contributed by atoms with Crippen molar-refractivity contribution in [1.29, 1.82) is 0 Å². The average molecular weight is 442 g/mol. The monoisotopic (exact) mass is 441 g/mol. The number of thiol groups is 2. The highest BCUT2D eigenvalue weighted by Gasteiger charge is 2.16. The molecule has 0 unspecified atom stereocenters. The third kappa shape index (κ3) is 9.52. The summed E-state index contributed by atoms with van der Waals surface area (Å²) < 4.78 is 0. The predicted octanol–water partition coefficient (Wildman–Crippen LogP) is 4.74. The second-order valence-electron chi connectivity index (χ2n) is 6.52. The molecule has 0 aliphatic rings. The van der Waals surface area contributed by atoms with E-state index < -0.39 is 0 Å². The first-order chi connectivity index (χ1) is 13.5. The maximum Gasteiger partial charge on any atom is 0.251 e. The lowest BCUT2D eigenvalue weighted by atomic mass is 9.97. The van der Waals surface area contributed by atoms with E-state index in [2.05, 4.69) is 37.5 Å². The number of hydrogen-bond acceptors (Lipinski definition) is 6. The number of benzene rings is 1. The Labute approximate surface area is 183 Å². The zero-order valence-electron chi connectivity index (χ0n) is 16.5. The minimum absolute atomic E-state index is 0.0248. The summed E-state index contributed by atoms with van der Waals surface area (Å²) in [5.74, 6) is 2.83. The molecule has 0 aliphatic carbocycles. The van der Waals surface area contributed by atoms with Gasteiger partial charge in [-0.1, -0.05) is 13.3 Å². The van der Waals surface area contributed by atoms with E-state index in [4.69, 9.17) is 0 Å². The third-order valence-corrected chi connectivity index (χ3v) is 5.83. The fourth-order valence-corrected chi connectivity index (χ4v) is 3.88. The number of unbranched alkanes of at least 4 members (excludes halogenated alkanes) is 1. The molecule has 156 valence electrons. The highest BCUT2D eigenvalue weighted by Crippen LogP contribution is 2.17. The van der Waals surface area contributed by atoms with Gasteiger partial charge in [-0.2, -0.15) is 37.0 Å². The predicted molar refractivity (Wildman–Crippen MR) is 126 cm³/mol. The van der Waals surface area contributed by atoms with Gasteiger partial charge in [-0.15, -0.1) is 0 Å². The quantitative estimate of drug-likeness (QED) is 0.209. The number of ketones is 2. The lowest BCUT2D eigenvalue weighted by molar-refractivity contribution is 0.0956. The summed E-state index contributed by atoms with van der Waals surface area (Å²) in [6.45, 7) is 2.59. The molecule has 1 amide bonds. The topological polar surface area (TPSA) is 63.2 Å². The van der Waals surface area contributed by atoms with Gasteiger partial charge in [-0.25, -0.2) is 0 Å². The van der Waals surface area contributed by atoms with E-state index in [1.54, 1.807) is 18.2 Å². The molecular formula is C21H31NO3S3. The van der Waals surface area contributed by atoms with Crippen LogP contribution in [0.25, 0.3) is 0 Å². The van der Waals surface area contributed by atoms with E-state index in [1.807, 2.05) is 11.8 Å². The van der Waals surface area contributed by atoms with Gasteiger partial charge in [-0.3, -0.25) is 14.4 Å². The first kappa shape index (κ1) is 25.1. The van der Waals surface area contributed by atoms with E-state index in [1.165, 1.54) is 12.8 Å². The van der Waals surface area contributed by atoms with Gasteiger partial charge < -0.3 is 5.32 Å². The number of thioether (sulfide) groups is 1. The Morgan fingerprint density at radius 3 is 2.00 bits per heavy atom. The average Bonchev–Trinajstić information content (AvgIpc) is 2.72. The summed E-state index contributed by atoms with van der Waals surface area (Å²) in [6, 6.07) is 4.80. The second-order valence-corrected chi connectivity index (χ2v) is 8.64. The summed E-state index contributed by atoms with van der Waals surface area (Å²) in [4.78, 5) is 37.4. The molecule has 1 aromatic rings. The molecule has 1 rings (SSSR count). The van der Waals surface area contributed by atoms with Crippen molar-refractivity contribution in [1.82, 2.24) is 5.32 Å². The van der Waals surface area contributed by atoms with Crippen LogP contribution in [-0.4, -0.2) is 47.0 Å². The van der Waals surface area contributed by atoms with Crippen molar-refractivity contribution in [2.45, 2.75) is 45.4 Å². The fourth-order valence-electron chi connectivity index (χ4n) is 2.56. The van der Waals surface area contributed by atoms with Gasteiger partial charge in [-0.05, 0) is 54.7 Å². The number of carbonyl (C=O) groups excluding carboxylic acids is 3. The van der Waals surface area contributed by atoms with Crippen molar-refractivity contribution in [3.8, 4) is 0 Å². The van der Waals surface area contributed by atoms with Gasteiger partial charge in [0.1, 0.15) is 0 Å². The van der Waals surface area contributed by atoms with Crippen molar-refractivity contribution in [3.63, 3.8) is 0 Å². The molecule has 1 aromatic carbocycles. The van der Waals surface area contributed by atoms with Crippen LogP contribution in [0, 0.1) is 0 Å². The van der Waals surface area contributed by atoms with Crippen molar-refractivity contribution >= 4 is 54.5 Å². The van der Waals surface area contributed by atoms with Crippen LogP contribution in [0.15, 0.2) is 18.2 Å². The van der Waals surface area contributed by atoms with Gasteiger partial charge >= 0.3 is 0 Å². The SMILES string of the molecule is CCCCSCCCC(=O)c1cc(C(=O)CCCS)cc(C(=O)NCCS)c1. The minimum atomic E-state index is -0.290. The molecule has 0 bridgehead atoms. The van der Waals surface area contributed by atoms with Crippen molar-refractivity contribution in [3.05, 3.63) is 34.9 Å². The summed E-state index contributed by atoms with van der Waals surface area (Å²) in [5.41, 5.74) is 1.20. The summed E-state index contributed by atoms with van der Waals surface area (Å²) in [5, 5.41) is 2.74. The van der Waals surface area contributed by atoms with Crippen molar-refractivity contribution in [2.75, 3.05) is 29.6 Å². The largest absolute Gasteiger partial charge is 0.351 e. The zero-order chi connectivity index (χ0) is 20.8. The van der Waals surface area contributed by atoms with Crippen LogP contribution in [-0.2, 0) is 0 Å². The zero-order valence-corrected chi connectivity index (χ0v) is 19.1. The number of amides is 1. The molecular weight excluding hydrogens is 410 g/mol. The molecule has 0 heterocycles. The molecule has 0 atom stereocenters. The Balaban J connectivity index is 2.87. The summed E-state index contributed by atoms with van der Waals surface area (Å²) in [7, 11) is 0. The van der Waals surface area contributed by atoms with Gasteiger partial charge in [0, 0.05) is 41.8 Å². The Hall–Kier alpha value is -0.920. The second kappa shape index (κ2) is 15.0. The van der Waals surface area contributed by atoms with Crippen molar-refractivity contribution in [2.24, 2.45) is 0 Å². The summed E-state index contributed by atoms with van der Waals surface area (Å²) >= 11 is 10.1. The van der Waals surface area contributed by atoms with Crippen LogP contribution < -0.4 is 5.32 Å². The molecule has 0 saturated heterocycles. The molecule has 0 saturated carbocycles. The van der Waals surface area contributed by atoms with Crippen LogP contribution >= 0.6 is 37.0 Å². The molecule has 0 aromatic heterocycles. The smallest absolute Gasteiger partial charge is 0.251 e. The van der Waals surface area contributed by atoms with Gasteiger partial charge in [0.2, 0.25) is 0 Å². The van der Waals surface area contributed by atoms with E-state index in [9.17, 15) is 14.4 Å². The molecule has 4 nitrogen and oxygen atoms in total. The van der Waals surface area contributed by atoms with Gasteiger partial charge in [0.05, 0.1) is 0 Å². The number of Topliss-reactive ketones (excluding diaryl/α,β-unsaturated/α-hetero) is 2. The standard InChI is InChI=1S/C21H31NO3S3/c1-2-3-11-28-12-5-7-20(24)17-13-16(19(23)6-4-9-26)14-18(15-17)21(25)22-8-10-27/h13-15,26-27H,2-12H2,1H3,(H,22,25). The van der Waals surface area contributed by atoms with Gasteiger partial charge in [0.25, 0.3) is 5.91 Å². The van der Waals surface area contributed by atoms with Crippen LogP contribution in [0.1, 0.15) is 76.5 Å². The number of nitrogens with one attached hydrogen (secondary N) is 1. The Morgan fingerprint density at radius 1 is 0.857 bits per heavy atom. The third-order valence-electron chi connectivity index (χ3n) is 4.13. The first-order valence-electron chi connectivity index (χ1n) is 9.82. The van der Waals surface area contributed by atoms with Crippen LogP contribution in [0.3, 0.4) is 0 Å². The molecule has 0 aliphatic heterocycles. The maximum atomic E-state index is 12.6. The highest BCUT2D eigenvalue weighted by atomic mass is 32.2. The van der Waals surface area contributed by atoms with E-state index in [-0.39, 0.29) is 17.5 Å². The van der Waals surface area contributed by atoms with E-state index >= 15 is 0 Å². The minimum Gasteiger partial charge on any atom is -0.351 e. The molecule has 0 radical (unpaired) electrons. The Kier molecular flexibility index (Phi) is 13.4.